The highest BCUT2D eigenvalue weighted by Crippen LogP contribution is 2.49. The first-order chi connectivity index (χ1) is 17.4. The van der Waals surface area contributed by atoms with Crippen molar-refractivity contribution in [2.75, 3.05) is 9.80 Å². The maximum atomic E-state index is 14.0. The summed E-state index contributed by atoms with van der Waals surface area (Å²) in [6, 6.07) is 19.4. The van der Waals surface area contributed by atoms with Crippen LogP contribution in [0.15, 0.2) is 78.9 Å². The Balaban J connectivity index is 1.46. The molecule has 3 heterocycles. The van der Waals surface area contributed by atoms with E-state index in [9.17, 15) is 19.2 Å². The first-order valence-corrected chi connectivity index (χ1v) is 12.1. The lowest BCUT2D eigenvalue weighted by molar-refractivity contribution is -0.122. The van der Waals surface area contributed by atoms with Gasteiger partial charge in [-0.15, -0.1) is 0 Å². The number of amides is 2. The van der Waals surface area contributed by atoms with E-state index in [4.69, 9.17) is 11.6 Å². The van der Waals surface area contributed by atoms with Crippen LogP contribution in [0.3, 0.4) is 0 Å². The molecule has 2 fully saturated rings. The van der Waals surface area contributed by atoms with E-state index >= 15 is 0 Å². The number of imide groups is 1. The predicted octanol–water partition coefficient (Wildman–Crippen LogP) is 4.82. The highest BCUT2D eigenvalue weighted by atomic mass is 35.5. The van der Waals surface area contributed by atoms with Gasteiger partial charge in [0.2, 0.25) is 11.8 Å². The molecule has 7 heteroatoms. The minimum Gasteiger partial charge on any atom is -0.352 e. The average molecular weight is 497 g/mol. The molecule has 0 aromatic heterocycles. The lowest BCUT2D eigenvalue weighted by atomic mass is 9.86. The molecule has 4 unspecified atom stereocenters. The monoisotopic (exact) mass is 496 g/mol. The van der Waals surface area contributed by atoms with E-state index in [1.807, 2.05) is 41.3 Å². The molecule has 3 aromatic rings. The number of anilines is 2. The summed E-state index contributed by atoms with van der Waals surface area (Å²) >= 11 is 6.05. The van der Waals surface area contributed by atoms with Crippen molar-refractivity contribution < 1.29 is 19.2 Å². The topological polar surface area (TPSA) is 74.8 Å². The van der Waals surface area contributed by atoms with Crippen LogP contribution in [0.25, 0.3) is 6.08 Å². The molecule has 4 atom stereocenters. The molecule has 3 aromatic carbocycles. The number of rotatable bonds is 4. The summed E-state index contributed by atoms with van der Waals surface area (Å²) in [5.74, 6) is -2.65. The molecule has 0 saturated carbocycles. The van der Waals surface area contributed by atoms with Crippen LogP contribution in [0.4, 0.5) is 11.4 Å². The quantitative estimate of drug-likeness (QED) is 0.382. The first kappa shape index (κ1) is 22.4. The van der Waals surface area contributed by atoms with Gasteiger partial charge in [0.1, 0.15) is 6.04 Å². The van der Waals surface area contributed by atoms with Gasteiger partial charge in [-0.3, -0.25) is 19.2 Å². The highest BCUT2D eigenvalue weighted by molar-refractivity contribution is 6.30. The van der Waals surface area contributed by atoms with E-state index in [-0.39, 0.29) is 17.5 Å². The van der Waals surface area contributed by atoms with Crippen molar-refractivity contribution in [1.82, 2.24) is 0 Å². The Labute approximate surface area is 212 Å². The molecule has 3 aliphatic heterocycles. The molecule has 0 N–H and O–H groups in total. The van der Waals surface area contributed by atoms with Crippen molar-refractivity contribution in [3.05, 3.63) is 101 Å². The zero-order valence-electron chi connectivity index (χ0n) is 19.3. The summed E-state index contributed by atoms with van der Waals surface area (Å²) in [6.45, 7) is 1.46. The van der Waals surface area contributed by atoms with E-state index in [2.05, 4.69) is 0 Å². The molecular formula is C29H21ClN2O4. The van der Waals surface area contributed by atoms with Crippen molar-refractivity contribution in [2.45, 2.75) is 19.0 Å². The Morgan fingerprint density at radius 3 is 2.14 bits per heavy atom. The minimum absolute atomic E-state index is 0.104. The van der Waals surface area contributed by atoms with Crippen molar-refractivity contribution in [3.63, 3.8) is 0 Å². The van der Waals surface area contributed by atoms with Gasteiger partial charge in [0.15, 0.2) is 11.6 Å². The SMILES string of the molecule is CC(=O)c1ccc(N2C(=O)C3C(C2=O)C(C(=O)c2ccc(Cl)cc2)N2c4ccccc4C=CC32)cc1. The fourth-order valence-corrected chi connectivity index (χ4v) is 5.82. The summed E-state index contributed by atoms with van der Waals surface area (Å²) in [7, 11) is 0. The molecule has 0 radical (unpaired) electrons. The van der Waals surface area contributed by atoms with E-state index in [0.717, 1.165) is 11.3 Å². The van der Waals surface area contributed by atoms with Gasteiger partial charge in [-0.1, -0.05) is 42.0 Å². The van der Waals surface area contributed by atoms with Gasteiger partial charge in [0, 0.05) is 21.8 Å². The van der Waals surface area contributed by atoms with Crippen LogP contribution < -0.4 is 9.80 Å². The van der Waals surface area contributed by atoms with Crippen molar-refractivity contribution in [2.24, 2.45) is 11.8 Å². The molecule has 0 bridgehead atoms. The smallest absolute Gasteiger partial charge is 0.240 e. The normalized spacial score (nSPS) is 23.9. The summed E-state index contributed by atoms with van der Waals surface area (Å²) in [5, 5.41) is 0.507. The molecule has 2 amide bonds. The van der Waals surface area contributed by atoms with E-state index in [1.54, 1.807) is 48.5 Å². The van der Waals surface area contributed by atoms with Gasteiger partial charge in [0.05, 0.1) is 23.6 Å². The zero-order chi connectivity index (χ0) is 25.1. The van der Waals surface area contributed by atoms with E-state index in [1.165, 1.54) is 11.8 Å². The molecule has 178 valence electrons. The number of para-hydroxylation sites is 1. The van der Waals surface area contributed by atoms with E-state index in [0.29, 0.717) is 21.8 Å². The number of nitrogens with zero attached hydrogens (tertiary/aromatic N) is 2. The minimum atomic E-state index is -0.856. The molecule has 0 spiro atoms. The van der Waals surface area contributed by atoms with Gasteiger partial charge < -0.3 is 4.90 Å². The third kappa shape index (κ3) is 3.25. The lowest BCUT2D eigenvalue weighted by Gasteiger charge is -2.36. The molecule has 0 aliphatic carbocycles. The number of hydrogen-bond donors (Lipinski definition) is 0. The Morgan fingerprint density at radius 1 is 0.806 bits per heavy atom. The van der Waals surface area contributed by atoms with Crippen LogP contribution in [0.5, 0.6) is 0 Å². The van der Waals surface area contributed by atoms with Crippen molar-refractivity contribution in [1.29, 1.82) is 0 Å². The molecule has 3 aliphatic rings. The second kappa shape index (κ2) is 8.28. The lowest BCUT2D eigenvalue weighted by Crippen LogP contribution is -2.48. The van der Waals surface area contributed by atoms with Crippen LogP contribution in [-0.4, -0.2) is 35.5 Å². The molecule has 2 saturated heterocycles. The summed E-state index contributed by atoms with van der Waals surface area (Å²) in [6.07, 6.45) is 3.87. The largest absolute Gasteiger partial charge is 0.352 e. The number of ketones is 2. The Hall–Kier alpha value is -4.03. The molecular weight excluding hydrogens is 476 g/mol. The maximum Gasteiger partial charge on any atom is 0.240 e. The molecule has 6 rings (SSSR count). The average Bonchev–Trinajstić information content (AvgIpc) is 3.37. The number of carbonyl (C=O) groups is 4. The second-order valence-electron chi connectivity index (χ2n) is 9.30. The number of benzene rings is 3. The molecule has 36 heavy (non-hydrogen) atoms. The second-order valence-corrected chi connectivity index (χ2v) is 9.73. The summed E-state index contributed by atoms with van der Waals surface area (Å²) < 4.78 is 0. The van der Waals surface area contributed by atoms with E-state index < -0.39 is 29.8 Å². The predicted molar refractivity (Wildman–Crippen MR) is 137 cm³/mol. The van der Waals surface area contributed by atoms with Crippen molar-refractivity contribution >= 4 is 52.4 Å². The summed E-state index contributed by atoms with van der Waals surface area (Å²) in [5.41, 5.74) is 3.07. The number of halogens is 1. The first-order valence-electron chi connectivity index (χ1n) is 11.7. The van der Waals surface area contributed by atoms with Gasteiger partial charge >= 0.3 is 0 Å². The van der Waals surface area contributed by atoms with Gasteiger partial charge in [0.25, 0.3) is 0 Å². The van der Waals surface area contributed by atoms with Crippen molar-refractivity contribution in [3.8, 4) is 0 Å². The summed E-state index contributed by atoms with van der Waals surface area (Å²) in [4.78, 5) is 56.4. The number of hydrogen-bond acceptors (Lipinski definition) is 5. The highest BCUT2D eigenvalue weighted by Gasteiger charge is 2.64. The van der Waals surface area contributed by atoms with Crippen LogP contribution in [0, 0.1) is 11.8 Å². The number of carbonyl (C=O) groups excluding carboxylic acids is 4. The fourth-order valence-electron chi connectivity index (χ4n) is 5.70. The fraction of sp³-hybridized carbons (Fsp3) is 0.172. The number of fused-ring (bicyclic) bond motifs is 5. The van der Waals surface area contributed by atoms with Gasteiger partial charge in [-0.05, 0) is 67.1 Å². The Kier molecular flexibility index (Phi) is 5.16. The van der Waals surface area contributed by atoms with Gasteiger partial charge in [-0.2, -0.15) is 0 Å². The maximum absolute atomic E-state index is 14.0. The molecule has 6 nitrogen and oxygen atoms in total. The number of Topliss-reactive ketones (excluding diaryl/α,β-unsaturated/α-hetero) is 2. The third-order valence-electron chi connectivity index (χ3n) is 7.34. The van der Waals surface area contributed by atoms with Crippen LogP contribution >= 0.6 is 11.6 Å². The van der Waals surface area contributed by atoms with Gasteiger partial charge in [-0.25, -0.2) is 4.90 Å². The Bertz CT molecular complexity index is 1460. The van der Waals surface area contributed by atoms with Crippen LogP contribution in [0.1, 0.15) is 33.2 Å². The van der Waals surface area contributed by atoms with Crippen LogP contribution in [0.2, 0.25) is 5.02 Å². The zero-order valence-corrected chi connectivity index (χ0v) is 20.1. The standard InChI is InChI=1S/C29H21ClN2O4/c1-16(33)17-8-13-21(14-9-17)31-28(35)24-23-15-10-18-4-2-3-5-22(18)32(23)26(25(24)29(31)36)27(34)19-6-11-20(30)12-7-19/h2-15,23-26H,1H3. The van der Waals surface area contributed by atoms with Crippen LogP contribution in [-0.2, 0) is 9.59 Å². The third-order valence-corrected chi connectivity index (χ3v) is 7.60. The Morgan fingerprint density at radius 2 is 1.44 bits per heavy atom.